The van der Waals surface area contributed by atoms with Crippen LogP contribution in [0.5, 0.6) is 0 Å². The molecule has 1 fully saturated rings. The van der Waals surface area contributed by atoms with E-state index in [1.165, 1.54) is 17.2 Å². The first-order chi connectivity index (χ1) is 8.65. The lowest BCUT2D eigenvalue weighted by Crippen LogP contribution is -2.37. The van der Waals surface area contributed by atoms with Crippen molar-refractivity contribution in [1.82, 2.24) is 9.88 Å². The number of anilines is 1. The molecule has 18 heavy (non-hydrogen) atoms. The Bertz CT molecular complexity index is 447. The number of pyridine rings is 1. The van der Waals surface area contributed by atoms with Gasteiger partial charge in [0, 0.05) is 26.9 Å². The molecule has 2 rings (SSSR count). The molecule has 1 saturated heterocycles. The van der Waals surface area contributed by atoms with Crippen LogP contribution in [-0.4, -0.2) is 49.1 Å². The Labute approximate surface area is 105 Å². The van der Waals surface area contributed by atoms with Crippen molar-refractivity contribution >= 4 is 11.7 Å². The summed E-state index contributed by atoms with van der Waals surface area (Å²) in [6.45, 7) is 1.15. The Morgan fingerprint density at radius 3 is 3.06 bits per heavy atom. The number of nitrogens with one attached hydrogen (secondary N) is 1. The second-order valence-corrected chi connectivity index (χ2v) is 4.20. The van der Waals surface area contributed by atoms with Gasteiger partial charge in [-0.05, 0) is 12.5 Å². The van der Waals surface area contributed by atoms with Crippen LogP contribution < -0.4 is 5.32 Å². The largest absolute Gasteiger partial charge is 0.379 e. The summed E-state index contributed by atoms with van der Waals surface area (Å²) in [4.78, 5) is 17.5. The number of hydrogen-bond donors (Lipinski definition) is 1. The van der Waals surface area contributed by atoms with Gasteiger partial charge in [0.25, 0.3) is 5.91 Å². The molecule has 6 heteroatoms. The molecule has 0 radical (unpaired) electrons. The molecule has 98 valence electrons. The highest BCUT2D eigenvalue weighted by Gasteiger charge is 2.27. The first-order valence-electron chi connectivity index (χ1n) is 5.82. The molecule has 1 aliphatic heterocycles. The second-order valence-electron chi connectivity index (χ2n) is 4.20. The van der Waals surface area contributed by atoms with Gasteiger partial charge in [-0.3, -0.25) is 4.79 Å². The van der Waals surface area contributed by atoms with Crippen LogP contribution in [0.25, 0.3) is 0 Å². The van der Waals surface area contributed by atoms with Crippen LogP contribution in [0.3, 0.4) is 0 Å². The minimum absolute atomic E-state index is 0.0168. The lowest BCUT2D eigenvalue weighted by Gasteiger charge is -2.23. The van der Waals surface area contributed by atoms with Crippen molar-refractivity contribution in [2.45, 2.75) is 12.5 Å². The van der Waals surface area contributed by atoms with E-state index in [-0.39, 0.29) is 23.3 Å². The molecule has 1 unspecified atom stereocenters. The van der Waals surface area contributed by atoms with E-state index in [9.17, 15) is 9.18 Å². The van der Waals surface area contributed by atoms with E-state index in [4.69, 9.17) is 4.74 Å². The number of ether oxygens (including phenoxy) is 1. The maximum Gasteiger partial charge on any atom is 0.257 e. The molecule has 5 nitrogen and oxygen atoms in total. The van der Waals surface area contributed by atoms with Crippen molar-refractivity contribution in [2.24, 2.45) is 0 Å². The zero-order valence-electron chi connectivity index (χ0n) is 10.4. The summed E-state index contributed by atoms with van der Waals surface area (Å²) in [5.41, 5.74) is 0.0313. The van der Waals surface area contributed by atoms with Crippen LogP contribution in [0.2, 0.25) is 0 Å². The van der Waals surface area contributed by atoms with Gasteiger partial charge >= 0.3 is 0 Å². The number of carbonyl (C=O) groups excluding carboxylic acids is 1. The maximum atomic E-state index is 14.0. The number of carbonyl (C=O) groups is 1. The van der Waals surface area contributed by atoms with E-state index < -0.39 is 5.82 Å². The van der Waals surface area contributed by atoms with Gasteiger partial charge in [0.05, 0.1) is 18.2 Å². The Morgan fingerprint density at radius 1 is 1.67 bits per heavy atom. The first kappa shape index (κ1) is 12.8. The highest BCUT2D eigenvalue weighted by atomic mass is 19.1. The van der Waals surface area contributed by atoms with Crippen LogP contribution in [0.1, 0.15) is 16.8 Å². The highest BCUT2D eigenvalue weighted by molar-refractivity contribution is 5.95. The minimum atomic E-state index is -0.615. The van der Waals surface area contributed by atoms with Gasteiger partial charge in [-0.15, -0.1) is 0 Å². The molecule has 1 aliphatic rings. The number of nitrogens with zero attached hydrogens (tertiary/aromatic N) is 2. The number of hydrogen-bond acceptors (Lipinski definition) is 4. The van der Waals surface area contributed by atoms with Crippen molar-refractivity contribution < 1.29 is 13.9 Å². The lowest BCUT2D eigenvalue weighted by atomic mass is 10.1. The zero-order chi connectivity index (χ0) is 13.1. The van der Waals surface area contributed by atoms with Gasteiger partial charge in [0.15, 0.2) is 11.6 Å². The SMILES string of the molecule is CNc1nccc(C(=O)N(C)C2CCOC2)c1F. The van der Waals surface area contributed by atoms with Crippen molar-refractivity contribution in [3.05, 3.63) is 23.6 Å². The summed E-state index contributed by atoms with van der Waals surface area (Å²) < 4.78 is 19.2. The highest BCUT2D eigenvalue weighted by Crippen LogP contribution is 2.19. The van der Waals surface area contributed by atoms with E-state index in [0.29, 0.717) is 13.2 Å². The topological polar surface area (TPSA) is 54.5 Å². The van der Waals surface area contributed by atoms with Gasteiger partial charge in [-0.2, -0.15) is 0 Å². The van der Waals surface area contributed by atoms with E-state index in [1.807, 2.05) is 0 Å². The quantitative estimate of drug-likeness (QED) is 0.877. The molecular formula is C12H16FN3O2. The number of likely N-dealkylation sites (N-methyl/N-ethyl adjacent to an activating group) is 1. The van der Waals surface area contributed by atoms with E-state index >= 15 is 0 Å². The predicted molar refractivity (Wildman–Crippen MR) is 65.1 cm³/mol. The zero-order valence-corrected chi connectivity index (χ0v) is 10.4. The summed E-state index contributed by atoms with van der Waals surface area (Å²) in [7, 11) is 3.23. The molecular weight excluding hydrogens is 237 g/mol. The van der Waals surface area contributed by atoms with Gasteiger partial charge in [0.1, 0.15) is 0 Å². The molecule has 0 aliphatic carbocycles. The number of halogens is 1. The van der Waals surface area contributed by atoms with Crippen molar-refractivity contribution in [3.8, 4) is 0 Å². The molecule has 1 atom stereocenters. The van der Waals surface area contributed by atoms with Crippen LogP contribution in [0.4, 0.5) is 10.2 Å². The van der Waals surface area contributed by atoms with Crippen molar-refractivity contribution in [1.29, 1.82) is 0 Å². The summed E-state index contributed by atoms with van der Waals surface area (Å²) in [5.74, 6) is -0.880. The Morgan fingerprint density at radius 2 is 2.44 bits per heavy atom. The standard InChI is InChI=1S/C12H16FN3O2/c1-14-11-10(13)9(3-5-15-11)12(17)16(2)8-4-6-18-7-8/h3,5,8H,4,6-7H2,1-2H3,(H,14,15). The van der Waals surface area contributed by atoms with Crippen molar-refractivity contribution in [2.75, 3.05) is 32.6 Å². The van der Waals surface area contributed by atoms with E-state index in [2.05, 4.69) is 10.3 Å². The lowest BCUT2D eigenvalue weighted by molar-refractivity contribution is 0.0706. The molecule has 0 saturated carbocycles. The number of aromatic nitrogens is 1. The average molecular weight is 253 g/mol. The third kappa shape index (κ3) is 2.28. The van der Waals surface area contributed by atoms with Gasteiger partial charge in [-0.1, -0.05) is 0 Å². The molecule has 2 heterocycles. The molecule has 0 bridgehead atoms. The Kier molecular flexibility index (Phi) is 3.76. The molecule has 1 aromatic rings. The minimum Gasteiger partial charge on any atom is -0.379 e. The third-order valence-electron chi connectivity index (χ3n) is 3.13. The molecule has 1 amide bonds. The average Bonchev–Trinajstić information content (AvgIpc) is 2.91. The van der Waals surface area contributed by atoms with Gasteiger partial charge in [0.2, 0.25) is 0 Å². The van der Waals surface area contributed by atoms with Gasteiger partial charge in [-0.25, -0.2) is 9.37 Å². The summed E-state index contributed by atoms with van der Waals surface area (Å²) in [6.07, 6.45) is 2.20. The normalized spacial score (nSPS) is 18.7. The van der Waals surface area contributed by atoms with Crippen molar-refractivity contribution in [3.63, 3.8) is 0 Å². The van der Waals surface area contributed by atoms with Gasteiger partial charge < -0.3 is 15.0 Å². The predicted octanol–water partition coefficient (Wildman–Crippen LogP) is 1.12. The molecule has 1 aromatic heterocycles. The van der Waals surface area contributed by atoms with E-state index in [0.717, 1.165) is 6.42 Å². The molecule has 0 aromatic carbocycles. The smallest absolute Gasteiger partial charge is 0.257 e. The third-order valence-corrected chi connectivity index (χ3v) is 3.13. The molecule has 1 N–H and O–H groups in total. The monoisotopic (exact) mass is 253 g/mol. The Balaban J connectivity index is 2.22. The second kappa shape index (κ2) is 5.30. The van der Waals surface area contributed by atoms with Crippen LogP contribution >= 0.6 is 0 Å². The van der Waals surface area contributed by atoms with Crippen LogP contribution in [0, 0.1) is 5.82 Å². The Hall–Kier alpha value is -1.69. The number of amides is 1. The van der Waals surface area contributed by atoms with Crippen LogP contribution in [-0.2, 0) is 4.74 Å². The maximum absolute atomic E-state index is 14.0. The van der Waals surface area contributed by atoms with E-state index in [1.54, 1.807) is 14.1 Å². The summed E-state index contributed by atoms with van der Waals surface area (Å²) in [5, 5.41) is 2.62. The fourth-order valence-electron chi connectivity index (χ4n) is 1.97. The van der Waals surface area contributed by atoms with Crippen LogP contribution in [0.15, 0.2) is 12.3 Å². The fourth-order valence-corrected chi connectivity index (χ4v) is 1.97. The molecule has 0 spiro atoms. The fraction of sp³-hybridized carbons (Fsp3) is 0.500. The summed E-state index contributed by atoms with van der Waals surface area (Å²) in [6, 6.07) is 1.41. The number of rotatable bonds is 3. The summed E-state index contributed by atoms with van der Waals surface area (Å²) >= 11 is 0. The first-order valence-corrected chi connectivity index (χ1v) is 5.82.